The highest BCUT2D eigenvalue weighted by Crippen LogP contribution is 2.27. The molecule has 1 aromatic carbocycles. The fraction of sp³-hybridized carbons (Fsp3) is 0.562. The Morgan fingerprint density at radius 2 is 1.74 bits per heavy atom. The van der Waals surface area contributed by atoms with E-state index in [0.29, 0.717) is 24.5 Å². The number of benzene rings is 1. The standard InChI is InChI=1S/C16H21NO2/c18-15-7-5-12(6-8-15)16(19)11-17-9-13-3-1-2-4-14(13)10-17/h1-4,12,16,19H,5-11H2. The summed E-state index contributed by atoms with van der Waals surface area (Å²) in [7, 11) is 0. The van der Waals surface area contributed by atoms with Gasteiger partial charge in [-0.15, -0.1) is 0 Å². The third-order valence-corrected chi connectivity index (χ3v) is 4.48. The molecule has 0 amide bonds. The lowest BCUT2D eigenvalue weighted by molar-refractivity contribution is -0.121. The van der Waals surface area contributed by atoms with Crippen LogP contribution in [-0.2, 0) is 17.9 Å². The number of Topliss-reactive ketones (excluding diaryl/α,β-unsaturated/α-hetero) is 1. The number of hydrogen-bond acceptors (Lipinski definition) is 3. The normalized spacial score (nSPS) is 22.5. The van der Waals surface area contributed by atoms with Crippen molar-refractivity contribution in [1.29, 1.82) is 0 Å². The molecule has 2 aliphatic rings. The SMILES string of the molecule is O=C1CCC(C(O)CN2Cc3ccccc3C2)CC1. The summed E-state index contributed by atoms with van der Waals surface area (Å²) in [6.07, 6.45) is 2.74. The zero-order chi connectivity index (χ0) is 13.2. The number of fused-ring (bicyclic) bond motifs is 1. The fourth-order valence-electron chi connectivity index (χ4n) is 3.29. The molecule has 3 rings (SSSR count). The van der Waals surface area contributed by atoms with Crippen molar-refractivity contribution in [2.45, 2.75) is 44.9 Å². The smallest absolute Gasteiger partial charge is 0.132 e. The van der Waals surface area contributed by atoms with E-state index in [4.69, 9.17) is 0 Å². The van der Waals surface area contributed by atoms with Gasteiger partial charge >= 0.3 is 0 Å². The van der Waals surface area contributed by atoms with Gasteiger partial charge in [0.1, 0.15) is 5.78 Å². The summed E-state index contributed by atoms with van der Waals surface area (Å²) in [4.78, 5) is 13.5. The number of carbonyl (C=O) groups excluding carboxylic acids is 1. The molecule has 0 saturated heterocycles. The van der Waals surface area contributed by atoms with Crippen molar-refractivity contribution in [1.82, 2.24) is 4.90 Å². The highest BCUT2D eigenvalue weighted by molar-refractivity contribution is 5.79. The molecule has 0 aromatic heterocycles. The maximum absolute atomic E-state index is 11.2. The molecule has 1 fully saturated rings. The quantitative estimate of drug-likeness (QED) is 0.904. The lowest BCUT2D eigenvalue weighted by Crippen LogP contribution is -2.35. The second-order valence-corrected chi connectivity index (χ2v) is 5.88. The van der Waals surface area contributed by atoms with Gasteiger partial charge in [-0.3, -0.25) is 9.69 Å². The molecule has 1 unspecified atom stereocenters. The fourth-order valence-corrected chi connectivity index (χ4v) is 3.29. The zero-order valence-corrected chi connectivity index (χ0v) is 11.2. The first-order valence-corrected chi connectivity index (χ1v) is 7.21. The number of nitrogens with zero attached hydrogens (tertiary/aromatic N) is 1. The van der Waals surface area contributed by atoms with Crippen LogP contribution in [-0.4, -0.2) is 28.4 Å². The van der Waals surface area contributed by atoms with Crippen LogP contribution in [0.5, 0.6) is 0 Å². The average molecular weight is 259 g/mol. The van der Waals surface area contributed by atoms with Crippen LogP contribution < -0.4 is 0 Å². The third kappa shape index (κ3) is 2.88. The van der Waals surface area contributed by atoms with Crippen LogP contribution >= 0.6 is 0 Å². The van der Waals surface area contributed by atoms with Gasteiger partial charge in [-0.2, -0.15) is 0 Å². The van der Waals surface area contributed by atoms with Crippen molar-refractivity contribution >= 4 is 5.78 Å². The Morgan fingerprint density at radius 3 is 2.32 bits per heavy atom. The van der Waals surface area contributed by atoms with Gasteiger partial charge in [0.05, 0.1) is 6.10 Å². The summed E-state index contributed by atoms with van der Waals surface area (Å²) >= 11 is 0. The molecule has 0 spiro atoms. The van der Waals surface area contributed by atoms with E-state index in [1.54, 1.807) is 0 Å². The van der Waals surface area contributed by atoms with E-state index < -0.39 is 0 Å². The number of hydrogen-bond donors (Lipinski definition) is 1. The second-order valence-electron chi connectivity index (χ2n) is 5.88. The molecule has 3 nitrogen and oxygen atoms in total. The summed E-state index contributed by atoms with van der Waals surface area (Å²) in [5.74, 6) is 0.665. The average Bonchev–Trinajstić information content (AvgIpc) is 2.81. The van der Waals surface area contributed by atoms with Crippen LogP contribution in [0, 0.1) is 5.92 Å². The van der Waals surface area contributed by atoms with Crippen molar-refractivity contribution in [3.63, 3.8) is 0 Å². The lowest BCUT2D eigenvalue weighted by Gasteiger charge is -2.29. The Hall–Kier alpha value is -1.19. The van der Waals surface area contributed by atoms with E-state index >= 15 is 0 Å². The number of aliphatic hydroxyl groups excluding tert-OH is 1. The molecule has 0 bridgehead atoms. The molecular weight excluding hydrogens is 238 g/mol. The van der Waals surface area contributed by atoms with Crippen LogP contribution in [0.15, 0.2) is 24.3 Å². The molecule has 0 radical (unpaired) electrons. The highest BCUT2D eigenvalue weighted by atomic mass is 16.3. The van der Waals surface area contributed by atoms with E-state index in [2.05, 4.69) is 29.2 Å². The van der Waals surface area contributed by atoms with Crippen molar-refractivity contribution in [3.8, 4) is 0 Å². The number of ketones is 1. The summed E-state index contributed by atoms with van der Waals surface area (Å²) in [6.45, 7) is 2.62. The predicted octanol–water partition coefficient (Wildman–Crippen LogP) is 2.12. The molecule has 1 aliphatic carbocycles. The lowest BCUT2D eigenvalue weighted by atomic mass is 9.84. The molecule has 1 aliphatic heterocycles. The van der Waals surface area contributed by atoms with Crippen molar-refractivity contribution in [3.05, 3.63) is 35.4 Å². The number of carbonyl (C=O) groups is 1. The largest absolute Gasteiger partial charge is 0.392 e. The van der Waals surface area contributed by atoms with Crippen molar-refractivity contribution < 1.29 is 9.90 Å². The summed E-state index contributed by atoms with van der Waals surface area (Å²) in [5, 5.41) is 10.3. The number of aliphatic hydroxyl groups is 1. The summed E-state index contributed by atoms with van der Waals surface area (Å²) in [6, 6.07) is 8.49. The minimum atomic E-state index is -0.289. The van der Waals surface area contributed by atoms with Crippen LogP contribution in [0.4, 0.5) is 0 Å². The predicted molar refractivity (Wildman–Crippen MR) is 73.5 cm³/mol. The van der Waals surface area contributed by atoms with Gasteiger partial charge in [0.2, 0.25) is 0 Å². The molecule has 1 N–H and O–H groups in total. The molecule has 19 heavy (non-hydrogen) atoms. The van der Waals surface area contributed by atoms with E-state index in [1.807, 2.05) is 0 Å². The Morgan fingerprint density at radius 1 is 1.16 bits per heavy atom. The Bertz CT molecular complexity index is 437. The Labute approximate surface area is 114 Å². The minimum absolute atomic E-state index is 0.289. The van der Waals surface area contributed by atoms with Crippen LogP contribution in [0.25, 0.3) is 0 Å². The maximum Gasteiger partial charge on any atom is 0.132 e. The molecule has 1 atom stereocenters. The molecular formula is C16H21NO2. The van der Waals surface area contributed by atoms with Gasteiger partial charge in [0.15, 0.2) is 0 Å². The summed E-state index contributed by atoms with van der Waals surface area (Å²) < 4.78 is 0. The van der Waals surface area contributed by atoms with Gasteiger partial charge in [0, 0.05) is 32.5 Å². The number of β-amino-alcohol motifs (C(OH)–C–C–N with tert-alkyl or cyclic N) is 1. The maximum atomic E-state index is 11.2. The topological polar surface area (TPSA) is 40.5 Å². The van der Waals surface area contributed by atoms with Gasteiger partial charge < -0.3 is 5.11 Å². The van der Waals surface area contributed by atoms with Gasteiger partial charge in [-0.1, -0.05) is 24.3 Å². The van der Waals surface area contributed by atoms with E-state index in [1.165, 1.54) is 11.1 Å². The van der Waals surface area contributed by atoms with Crippen molar-refractivity contribution in [2.24, 2.45) is 5.92 Å². The Kier molecular flexibility index (Phi) is 3.67. The van der Waals surface area contributed by atoms with Crippen LogP contribution in [0.2, 0.25) is 0 Å². The van der Waals surface area contributed by atoms with E-state index in [9.17, 15) is 9.90 Å². The van der Waals surface area contributed by atoms with Gasteiger partial charge in [-0.25, -0.2) is 0 Å². The van der Waals surface area contributed by atoms with Gasteiger partial charge in [-0.05, 0) is 29.9 Å². The Balaban J connectivity index is 1.54. The first-order chi connectivity index (χ1) is 9.22. The van der Waals surface area contributed by atoms with E-state index in [-0.39, 0.29) is 6.10 Å². The van der Waals surface area contributed by atoms with Crippen LogP contribution in [0.1, 0.15) is 36.8 Å². The molecule has 1 aromatic rings. The third-order valence-electron chi connectivity index (χ3n) is 4.48. The summed E-state index contributed by atoms with van der Waals surface area (Å²) in [5.41, 5.74) is 2.77. The first kappa shape index (κ1) is 12.8. The zero-order valence-electron chi connectivity index (χ0n) is 11.2. The molecule has 102 valence electrons. The number of rotatable bonds is 3. The second kappa shape index (κ2) is 5.43. The van der Waals surface area contributed by atoms with Crippen molar-refractivity contribution in [2.75, 3.05) is 6.54 Å². The highest BCUT2D eigenvalue weighted by Gasteiger charge is 2.28. The molecule has 1 saturated carbocycles. The van der Waals surface area contributed by atoms with E-state index in [0.717, 1.165) is 32.5 Å². The monoisotopic (exact) mass is 259 g/mol. The van der Waals surface area contributed by atoms with Gasteiger partial charge in [0.25, 0.3) is 0 Å². The van der Waals surface area contributed by atoms with Crippen LogP contribution in [0.3, 0.4) is 0 Å². The minimum Gasteiger partial charge on any atom is -0.392 e. The first-order valence-electron chi connectivity index (χ1n) is 7.21. The molecule has 1 heterocycles. The molecule has 3 heteroatoms.